The van der Waals surface area contributed by atoms with E-state index in [1.54, 1.807) is 0 Å². The normalized spacial score (nSPS) is 24.9. The molecule has 14 heavy (non-hydrogen) atoms. The standard InChI is InChI=1S/C10H14N2O2/c1-2-12-6-7(5-11-12)3-8-4-9(8)10(13)14/h5-6,8-9H,2-4H2,1H3,(H,13,14)/t8-,9-/m1/s1. The minimum Gasteiger partial charge on any atom is -0.481 e. The minimum atomic E-state index is -0.655. The molecule has 4 heteroatoms. The van der Waals surface area contributed by atoms with Gasteiger partial charge in [0.1, 0.15) is 0 Å². The van der Waals surface area contributed by atoms with E-state index in [1.807, 2.05) is 24.0 Å². The van der Waals surface area contributed by atoms with Crippen molar-refractivity contribution < 1.29 is 9.90 Å². The van der Waals surface area contributed by atoms with E-state index in [0.717, 1.165) is 24.9 Å². The molecule has 1 aromatic rings. The molecule has 0 amide bonds. The lowest BCUT2D eigenvalue weighted by molar-refractivity contribution is -0.138. The van der Waals surface area contributed by atoms with E-state index in [1.165, 1.54) is 0 Å². The lowest BCUT2D eigenvalue weighted by Crippen LogP contribution is -2.00. The Morgan fingerprint density at radius 3 is 3.07 bits per heavy atom. The first-order valence-electron chi connectivity index (χ1n) is 4.95. The van der Waals surface area contributed by atoms with Crippen LogP contribution in [0.4, 0.5) is 0 Å². The van der Waals surface area contributed by atoms with Crippen LogP contribution in [0, 0.1) is 11.8 Å². The third kappa shape index (κ3) is 1.78. The second-order valence-corrected chi connectivity index (χ2v) is 3.85. The van der Waals surface area contributed by atoms with Crippen molar-refractivity contribution in [3.8, 4) is 0 Å². The van der Waals surface area contributed by atoms with Crippen LogP contribution in [0.3, 0.4) is 0 Å². The number of rotatable bonds is 4. The molecule has 1 aromatic heterocycles. The molecule has 1 heterocycles. The molecule has 76 valence electrons. The number of carboxylic acids is 1. The van der Waals surface area contributed by atoms with Crippen molar-refractivity contribution >= 4 is 5.97 Å². The number of hydrogen-bond donors (Lipinski definition) is 1. The van der Waals surface area contributed by atoms with Crippen LogP contribution in [-0.2, 0) is 17.8 Å². The van der Waals surface area contributed by atoms with Crippen LogP contribution in [0.1, 0.15) is 18.9 Å². The van der Waals surface area contributed by atoms with Crippen LogP contribution in [0.25, 0.3) is 0 Å². The van der Waals surface area contributed by atoms with E-state index in [0.29, 0.717) is 5.92 Å². The first-order chi connectivity index (χ1) is 6.70. The number of hydrogen-bond acceptors (Lipinski definition) is 2. The number of carboxylic acid groups (broad SMARTS) is 1. The summed E-state index contributed by atoms with van der Waals surface area (Å²) in [6, 6.07) is 0. The molecule has 0 saturated heterocycles. The lowest BCUT2D eigenvalue weighted by Gasteiger charge is -1.93. The van der Waals surface area contributed by atoms with Crippen molar-refractivity contribution in [2.24, 2.45) is 11.8 Å². The molecular formula is C10H14N2O2. The molecule has 0 radical (unpaired) electrons. The van der Waals surface area contributed by atoms with Gasteiger partial charge in [0.2, 0.25) is 0 Å². The average molecular weight is 194 g/mol. The predicted octanol–water partition coefficient (Wildman–Crippen LogP) is 1.17. The predicted molar refractivity (Wildman–Crippen MR) is 50.8 cm³/mol. The van der Waals surface area contributed by atoms with Crippen LogP contribution in [0.15, 0.2) is 12.4 Å². The first kappa shape index (κ1) is 9.24. The molecule has 1 fully saturated rings. The summed E-state index contributed by atoms with van der Waals surface area (Å²) < 4.78 is 1.87. The highest BCUT2D eigenvalue weighted by molar-refractivity contribution is 5.73. The Morgan fingerprint density at radius 1 is 1.79 bits per heavy atom. The second-order valence-electron chi connectivity index (χ2n) is 3.85. The molecule has 1 aliphatic carbocycles. The van der Waals surface area contributed by atoms with Gasteiger partial charge in [-0.2, -0.15) is 5.10 Å². The summed E-state index contributed by atoms with van der Waals surface area (Å²) in [6.07, 6.45) is 5.52. The Hall–Kier alpha value is -1.32. The van der Waals surface area contributed by atoms with Crippen molar-refractivity contribution in [3.05, 3.63) is 18.0 Å². The van der Waals surface area contributed by atoms with Crippen molar-refractivity contribution in [2.75, 3.05) is 0 Å². The molecule has 0 aromatic carbocycles. The van der Waals surface area contributed by atoms with Crippen LogP contribution in [0.2, 0.25) is 0 Å². The number of nitrogens with zero attached hydrogens (tertiary/aromatic N) is 2. The quantitative estimate of drug-likeness (QED) is 0.782. The van der Waals surface area contributed by atoms with Gasteiger partial charge in [0.15, 0.2) is 0 Å². The van der Waals surface area contributed by atoms with Gasteiger partial charge < -0.3 is 5.11 Å². The van der Waals surface area contributed by atoms with Gasteiger partial charge in [-0.1, -0.05) is 0 Å². The zero-order valence-corrected chi connectivity index (χ0v) is 8.18. The summed E-state index contributed by atoms with van der Waals surface area (Å²) in [6.45, 7) is 2.90. The van der Waals surface area contributed by atoms with Gasteiger partial charge in [-0.3, -0.25) is 9.48 Å². The van der Waals surface area contributed by atoms with Gasteiger partial charge in [-0.25, -0.2) is 0 Å². The summed E-state index contributed by atoms with van der Waals surface area (Å²) in [5.41, 5.74) is 1.15. The van der Waals surface area contributed by atoms with Crippen molar-refractivity contribution in [3.63, 3.8) is 0 Å². The highest BCUT2D eigenvalue weighted by Gasteiger charge is 2.42. The molecule has 2 rings (SSSR count). The summed E-state index contributed by atoms with van der Waals surface area (Å²) in [7, 11) is 0. The summed E-state index contributed by atoms with van der Waals surface area (Å²) >= 11 is 0. The average Bonchev–Trinajstić information content (AvgIpc) is 2.76. The molecule has 1 N–H and O–H groups in total. The molecule has 0 spiro atoms. The summed E-state index contributed by atoms with van der Waals surface area (Å²) in [5, 5.41) is 12.9. The monoisotopic (exact) mass is 194 g/mol. The van der Waals surface area contributed by atoms with Gasteiger partial charge >= 0.3 is 5.97 Å². The zero-order valence-electron chi connectivity index (χ0n) is 8.18. The highest BCUT2D eigenvalue weighted by atomic mass is 16.4. The highest BCUT2D eigenvalue weighted by Crippen LogP contribution is 2.40. The fourth-order valence-corrected chi connectivity index (χ4v) is 1.76. The largest absolute Gasteiger partial charge is 0.481 e. The fraction of sp³-hybridized carbons (Fsp3) is 0.600. The van der Waals surface area contributed by atoms with Crippen molar-refractivity contribution in [1.29, 1.82) is 0 Å². The van der Waals surface area contributed by atoms with Crippen molar-refractivity contribution in [2.45, 2.75) is 26.3 Å². The number of aliphatic carboxylic acids is 1. The molecule has 1 saturated carbocycles. The summed E-state index contributed by atoms with van der Waals surface area (Å²) in [4.78, 5) is 10.6. The number of aromatic nitrogens is 2. The van der Waals surface area contributed by atoms with Gasteiger partial charge in [0.05, 0.1) is 12.1 Å². The third-order valence-corrected chi connectivity index (χ3v) is 2.75. The zero-order chi connectivity index (χ0) is 10.1. The van der Waals surface area contributed by atoms with E-state index in [9.17, 15) is 4.79 Å². The fourth-order valence-electron chi connectivity index (χ4n) is 1.76. The minimum absolute atomic E-state index is 0.111. The maximum absolute atomic E-state index is 10.6. The molecule has 0 bridgehead atoms. The topological polar surface area (TPSA) is 55.1 Å². The van der Waals surface area contributed by atoms with Crippen molar-refractivity contribution in [1.82, 2.24) is 9.78 Å². The molecule has 1 aliphatic rings. The molecule has 4 nitrogen and oxygen atoms in total. The van der Waals surface area contributed by atoms with E-state index in [4.69, 9.17) is 5.11 Å². The van der Waals surface area contributed by atoms with Gasteiger partial charge in [0.25, 0.3) is 0 Å². The molecule has 0 unspecified atom stereocenters. The SMILES string of the molecule is CCn1cc(C[C@@H]2C[C@H]2C(=O)O)cn1. The van der Waals surface area contributed by atoms with Gasteiger partial charge in [-0.05, 0) is 31.2 Å². The molecule has 2 atom stereocenters. The van der Waals surface area contributed by atoms with Crippen LogP contribution in [-0.4, -0.2) is 20.9 Å². The van der Waals surface area contributed by atoms with E-state index >= 15 is 0 Å². The Bertz CT molecular complexity index is 346. The van der Waals surface area contributed by atoms with Crippen LogP contribution < -0.4 is 0 Å². The van der Waals surface area contributed by atoms with Gasteiger partial charge in [-0.15, -0.1) is 0 Å². The Morgan fingerprint density at radius 2 is 2.57 bits per heavy atom. The Balaban J connectivity index is 1.90. The second kappa shape index (κ2) is 3.44. The van der Waals surface area contributed by atoms with E-state index in [-0.39, 0.29) is 5.92 Å². The number of aryl methyl sites for hydroxylation is 1. The Labute approximate surface area is 82.5 Å². The van der Waals surface area contributed by atoms with Gasteiger partial charge in [0, 0.05) is 12.7 Å². The maximum Gasteiger partial charge on any atom is 0.306 e. The Kier molecular flexibility index (Phi) is 2.27. The smallest absolute Gasteiger partial charge is 0.306 e. The van der Waals surface area contributed by atoms with E-state index < -0.39 is 5.97 Å². The molecular weight excluding hydrogens is 180 g/mol. The number of carbonyl (C=O) groups is 1. The first-order valence-corrected chi connectivity index (χ1v) is 4.95. The van der Waals surface area contributed by atoms with Crippen LogP contribution >= 0.6 is 0 Å². The third-order valence-electron chi connectivity index (χ3n) is 2.75. The molecule has 0 aliphatic heterocycles. The van der Waals surface area contributed by atoms with E-state index in [2.05, 4.69) is 5.10 Å². The summed E-state index contributed by atoms with van der Waals surface area (Å²) in [5.74, 6) is -0.431. The maximum atomic E-state index is 10.6. The lowest BCUT2D eigenvalue weighted by atomic mass is 10.1. The van der Waals surface area contributed by atoms with Crippen LogP contribution in [0.5, 0.6) is 0 Å².